The van der Waals surface area contributed by atoms with Gasteiger partial charge in [-0.25, -0.2) is 0 Å². The smallest absolute Gasteiger partial charge is 0.0679 e. The lowest BCUT2D eigenvalue weighted by Gasteiger charge is -2.28. The third-order valence-corrected chi connectivity index (χ3v) is 9.16. The fourth-order valence-corrected chi connectivity index (χ4v) is 3.36. The summed E-state index contributed by atoms with van der Waals surface area (Å²) in [4.78, 5) is 0. The molecule has 12 heavy (non-hydrogen) atoms. The Bertz CT molecular complexity index is 155. The number of ether oxygens (including phenoxy) is 1. The van der Waals surface area contributed by atoms with Crippen LogP contribution >= 0.6 is 15.9 Å². The van der Waals surface area contributed by atoms with E-state index in [1.54, 1.807) is 0 Å². The maximum atomic E-state index is 5.84. The maximum Gasteiger partial charge on any atom is 0.0679 e. The number of hydrogen-bond acceptors (Lipinski definition) is 1. The van der Waals surface area contributed by atoms with E-state index in [4.69, 9.17) is 4.74 Å². The fourth-order valence-electron chi connectivity index (χ4n) is 1.61. The number of halogens is 1. The summed E-state index contributed by atoms with van der Waals surface area (Å²) < 4.78 is 6.46. The molecule has 1 rings (SSSR count). The minimum absolute atomic E-state index is 0.478. The zero-order valence-corrected chi connectivity index (χ0v) is 11.0. The molecule has 0 spiro atoms. The lowest BCUT2D eigenvalue weighted by Crippen LogP contribution is -2.42. The van der Waals surface area contributed by atoms with Crippen molar-refractivity contribution in [2.45, 2.75) is 56.1 Å². The molecule has 3 atom stereocenters. The molecule has 1 aliphatic rings. The van der Waals surface area contributed by atoms with Crippen molar-refractivity contribution in [2.75, 3.05) is 0 Å². The van der Waals surface area contributed by atoms with E-state index in [0.717, 1.165) is 0 Å². The van der Waals surface area contributed by atoms with Gasteiger partial charge in [0.1, 0.15) is 0 Å². The van der Waals surface area contributed by atoms with Gasteiger partial charge in [0.25, 0.3) is 0 Å². The van der Waals surface area contributed by atoms with Crippen LogP contribution in [0.3, 0.4) is 0 Å². The normalized spacial score (nSPS) is 33.8. The predicted octanol–water partition coefficient (Wildman–Crippen LogP) is 3.19. The summed E-state index contributed by atoms with van der Waals surface area (Å²) in [6, 6.07) is 0. The second kappa shape index (κ2) is 3.80. The van der Waals surface area contributed by atoms with Crippen LogP contribution in [0.5, 0.6) is 0 Å². The Morgan fingerprint density at radius 3 is 2.25 bits per heavy atom. The summed E-state index contributed by atoms with van der Waals surface area (Å²) in [5.74, 6) is 0. The van der Waals surface area contributed by atoms with Gasteiger partial charge in [-0.1, -0.05) is 35.6 Å². The number of alkyl halides is 1. The molecule has 0 aromatic heterocycles. The van der Waals surface area contributed by atoms with Crippen molar-refractivity contribution in [3.63, 3.8) is 0 Å². The first-order valence-electron chi connectivity index (χ1n) is 4.71. The number of hydrogen-bond donors (Lipinski definition) is 0. The maximum absolute atomic E-state index is 5.84. The van der Waals surface area contributed by atoms with Crippen LogP contribution < -0.4 is 0 Å². The van der Waals surface area contributed by atoms with Crippen LogP contribution in [0, 0.1) is 0 Å². The highest BCUT2D eigenvalue weighted by Crippen LogP contribution is 2.30. The molecule has 72 valence electrons. The lowest BCUT2D eigenvalue weighted by molar-refractivity contribution is 0.0644. The highest BCUT2D eigenvalue weighted by atomic mass is 79.9. The van der Waals surface area contributed by atoms with Crippen LogP contribution in [0.25, 0.3) is 0 Å². The summed E-state index contributed by atoms with van der Waals surface area (Å²) in [6.07, 6.45) is 3.43. The molecular weight excluding hydrogens is 232 g/mol. The van der Waals surface area contributed by atoms with Crippen LogP contribution in [0.2, 0.25) is 19.6 Å². The van der Waals surface area contributed by atoms with Gasteiger partial charge >= 0.3 is 0 Å². The molecule has 1 heterocycles. The fraction of sp³-hybridized carbons (Fsp3) is 1.00. The molecule has 0 aromatic rings. The quantitative estimate of drug-likeness (QED) is 0.541. The first-order valence-corrected chi connectivity index (χ1v) is 9.20. The van der Waals surface area contributed by atoms with Crippen molar-refractivity contribution in [3.8, 4) is 0 Å². The Morgan fingerprint density at radius 2 is 1.92 bits per heavy atom. The van der Waals surface area contributed by atoms with E-state index in [2.05, 4.69) is 42.5 Å². The van der Waals surface area contributed by atoms with Crippen molar-refractivity contribution < 1.29 is 4.74 Å². The topological polar surface area (TPSA) is 9.23 Å². The Labute approximate surface area is 85.0 Å². The molecule has 1 nitrogen and oxygen atoms in total. The molecule has 0 unspecified atom stereocenters. The average Bonchev–Trinajstić information content (AvgIpc) is 2.32. The highest BCUT2D eigenvalue weighted by Gasteiger charge is 2.35. The van der Waals surface area contributed by atoms with Gasteiger partial charge in [-0.2, -0.15) is 0 Å². The molecule has 0 N–H and O–H groups in total. The molecule has 0 amide bonds. The van der Waals surface area contributed by atoms with Crippen molar-refractivity contribution in [2.24, 2.45) is 0 Å². The summed E-state index contributed by atoms with van der Waals surface area (Å²) in [5.41, 5.74) is 0. The standard InChI is InChI=1S/C9H19BrOSi/c1-7-5-6-8(11-7)9(10)12(2,3)4/h7-9H,5-6H2,1-4H3/t7-,8+,9-/m1/s1. The summed E-state index contributed by atoms with van der Waals surface area (Å²) >= 11 is 3.79. The molecule has 0 saturated carbocycles. The van der Waals surface area contributed by atoms with E-state index in [0.29, 0.717) is 16.7 Å². The van der Waals surface area contributed by atoms with E-state index in [9.17, 15) is 0 Å². The second-order valence-corrected chi connectivity index (χ2v) is 12.0. The third kappa shape index (κ3) is 2.57. The van der Waals surface area contributed by atoms with Gasteiger partial charge < -0.3 is 4.74 Å². The van der Waals surface area contributed by atoms with E-state index >= 15 is 0 Å². The van der Waals surface area contributed by atoms with Gasteiger partial charge in [0.15, 0.2) is 0 Å². The molecule has 0 radical (unpaired) electrons. The zero-order valence-electron chi connectivity index (χ0n) is 8.43. The first kappa shape index (κ1) is 10.7. The second-order valence-electron chi connectivity index (χ2n) is 4.83. The van der Waals surface area contributed by atoms with Gasteiger partial charge in [-0.05, 0) is 19.8 Å². The molecule has 1 saturated heterocycles. The van der Waals surface area contributed by atoms with Gasteiger partial charge in [0, 0.05) is 4.45 Å². The third-order valence-electron chi connectivity index (χ3n) is 2.42. The Hall–Kier alpha value is 0.657. The molecule has 0 aliphatic carbocycles. The minimum atomic E-state index is -1.06. The summed E-state index contributed by atoms with van der Waals surface area (Å²) in [7, 11) is -1.06. The first-order chi connectivity index (χ1) is 5.41. The molecule has 3 heteroatoms. The predicted molar refractivity (Wildman–Crippen MR) is 59.6 cm³/mol. The molecule has 0 aromatic carbocycles. The van der Waals surface area contributed by atoms with E-state index < -0.39 is 8.07 Å². The van der Waals surface area contributed by atoms with Crippen LogP contribution in [0.4, 0.5) is 0 Å². The van der Waals surface area contributed by atoms with Crippen molar-refractivity contribution in [3.05, 3.63) is 0 Å². The van der Waals surface area contributed by atoms with Gasteiger partial charge in [0.05, 0.1) is 20.3 Å². The van der Waals surface area contributed by atoms with Crippen molar-refractivity contribution in [1.29, 1.82) is 0 Å². The van der Waals surface area contributed by atoms with Crippen LogP contribution in [0.1, 0.15) is 19.8 Å². The van der Waals surface area contributed by atoms with Crippen molar-refractivity contribution in [1.82, 2.24) is 0 Å². The lowest BCUT2D eigenvalue weighted by atomic mass is 10.2. The summed E-state index contributed by atoms with van der Waals surface area (Å²) in [6.45, 7) is 9.33. The van der Waals surface area contributed by atoms with Crippen molar-refractivity contribution >= 4 is 24.0 Å². The largest absolute Gasteiger partial charge is 0.374 e. The monoisotopic (exact) mass is 250 g/mol. The molecular formula is C9H19BrOSi. The molecule has 0 bridgehead atoms. The molecule has 1 fully saturated rings. The Kier molecular flexibility index (Phi) is 3.40. The summed E-state index contributed by atoms with van der Waals surface area (Å²) in [5, 5.41) is 0. The number of rotatable bonds is 2. The highest BCUT2D eigenvalue weighted by molar-refractivity contribution is 9.10. The van der Waals surface area contributed by atoms with Gasteiger partial charge in [-0.15, -0.1) is 0 Å². The van der Waals surface area contributed by atoms with E-state index in [1.807, 2.05) is 0 Å². The minimum Gasteiger partial charge on any atom is -0.374 e. The van der Waals surface area contributed by atoms with Gasteiger partial charge in [-0.3, -0.25) is 0 Å². The van der Waals surface area contributed by atoms with Crippen LogP contribution in [-0.4, -0.2) is 24.7 Å². The van der Waals surface area contributed by atoms with Crippen LogP contribution in [-0.2, 0) is 4.74 Å². The molecule has 1 aliphatic heterocycles. The Morgan fingerprint density at radius 1 is 1.33 bits per heavy atom. The van der Waals surface area contributed by atoms with E-state index in [-0.39, 0.29) is 0 Å². The van der Waals surface area contributed by atoms with E-state index in [1.165, 1.54) is 12.8 Å². The zero-order chi connectivity index (χ0) is 9.35. The van der Waals surface area contributed by atoms with Crippen LogP contribution in [0.15, 0.2) is 0 Å². The Balaban J connectivity index is 2.48. The average molecular weight is 251 g/mol. The SMILES string of the molecule is C[C@@H]1CC[C@@H]([C@H](Br)[Si](C)(C)C)O1. The van der Waals surface area contributed by atoms with Gasteiger partial charge in [0.2, 0.25) is 0 Å².